The lowest BCUT2D eigenvalue weighted by Gasteiger charge is -2.40. The number of rotatable bonds is 23. The van der Waals surface area contributed by atoms with Gasteiger partial charge < -0.3 is 4.90 Å². The molecule has 4 rings (SSSR count). The Bertz CT molecular complexity index is 1880. The van der Waals surface area contributed by atoms with E-state index < -0.39 is 0 Å². The molecule has 0 aliphatic heterocycles. The van der Waals surface area contributed by atoms with Gasteiger partial charge in [0.2, 0.25) is 0 Å². The Balaban J connectivity index is 1.76. The van der Waals surface area contributed by atoms with Crippen LogP contribution in [0.1, 0.15) is 165 Å². The van der Waals surface area contributed by atoms with Gasteiger partial charge in [-0.3, -0.25) is 0 Å². The molecule has 1 nitrogen and oxygen atoms in total. The van der Waals surface area contributed by atoms with Crippen LogP contribution in [0.3, 0.4) is 0 Å². The highest BCUT2D eigenvalue weighted by molar-refractivity contribution is 5.55. The molecule has 332 valence electrons. The maximum absolute atomic E-state index is 4.52. The number of nitrogens with zero attached hydrogens (tertiary/aromatic N) is 1. The standard InChI is InChI=1S/C60H87N/c1-15-20-23-28-33-55(54(44(6)7)32-22-17-3)48(11)52-40-41-60(14)56(19-5)57(59(12,13)58(60)43-52)42-47(10)61(46(9)34-35-49(18-4)45(8)29-25-21-16-2)53-38-36-51(37-39-53)50-30-26-24-27-31-50/h15,21,24-27,29-30,32,35-43,46,48,50,55-58H,1,6,16-20,22-23,28,31,33-34H2,2-5,7-14H3/b25-21-,45-29+,47-42+,49-35+,54-32-/t46-,48?,50?,55?,56?,57-,58?,60?/m0/s1. The SMILES string of the molecule is C=CCCCCC(/C(=C\CCC)C(=C)C)C(C)C1=CC2C(C)(C=C1)C(CC)[C@H](/C=C(\C)N(c1ccc(C3C=CC=CC3)cc1)[C@@H](C)C/C=C(CC)/C(C)=C/C=C\CC)C2(C)C. The van der Waals surface area contributed by atoms with E-state index in [0.29, 0.717) is 41.5 Å². The van der Waals surface area contributed by atoms with Crippen molar-refractivity contribution in [3.63, 3.8) is 0 Å². The monoisotopic (exact) mass is 822 g/mol. The van der Waals surface area contributed by atoms with E-state index in [0.717, 1.165) is 44.9 Å². The molecule has 1 saturated carbocycles. The predicted octanol–water partition coefficient (Wildman–Crippen LogP) is 18.1. The van der Waals surface area contributed by atoms with Crippen LogP contribution in [-0.2, 0) is 0 Å². The van der Waals surface area contributed by atoms with Gasteiger partial charge in [0.1, 0.15) is 0 Å². The minimum Gasteiger partial charge on any atom is -0.343 e. The zero-order chi connectivity index (χ0) is 44.7. The number of hydrogen-bond acceptors (Lipinski definition) is 1. The quantitative estimate of drug-likeness (QED) is 0.0604. The van der Waals surface area contributed by atoms with Crippen LogP contribution in [0, 0.1) is 40.4 Å². The van der Waals surface area contributed by atoms with Crippen LogP contribution in [0.15, 0.2) is 156 Å². The lowest BCUT2D eigenvalue weighted by atomic mass is 9.64. The van der Waals surface area contributed by atoms with Crippen molar-refractivity contribution in [2.45, 2.75) is 166 Å². The van der Waals surface area contributed by atoms with E-state index >= 15 is 0 Å². The van der Waals surface area contributed by atoms with Crippen LogP contribution in [0.5, 0.6) is 0 Å². The molecule has 6 unspecified atom stereocenters. The average molecular weight is 822 g/mol. The second kappa shape index (κ2) is 23.6. The van der Waals surface area contributed by atoms with Crippen LogP contribution in [0.2, 0.25) is 0 Å². The summed E-state index contributed by atoms with van der Waals surface area (Å²) >= 11 is 0. The Labute approximate surface area is 376 Å². The van der Waals surface area contributed by atoms with Gasteiger partial charge in [0.05, 0.1) is 0 Å². The third kappa shape index (κ3) is 12.2. The number of hydrogen-bond donors (Lipinski definition) is 0. The molecule has 3 aliphatic rings. The van der Waals surface area contributed by atoms with Crippen LogP contribution in [0.4, 0.5) is 5.69 Å². The van der Waals surface area contributed by atoms with Gasteiger partial charge in [-0.05, 0) is 159 Å². The summed E-state index contributed by atoms with van der Waals surface area (Å²) in [7, 11) is 0. The first-order valence-electron chi connectivity index (χ1n) is 24.5. The summed E-state index contributed by atoms with van der Waals surface area (Å²) in [6.45, 7) is 37.3. The molecule has 1 heteroatoms. The Morgan fingerprint density at radius 3 is 2.30 bits per heavy atom. The normalized spacial score (nSPS) is 25.7. The second-order valence-corrected chi connectivity index (χ2v) is 19.7. The second-order valence-electron chi connectivity index (χ2n) is 19.7. The molecule has 1 fully saturated rings. The van der Waals surface area contributed by atoms with Gasteiger partial charge >= 0.3 is 0 Å². The first kappa shape index (κ1) is 49.8. The van der Waals surface area contributed by atoms with Gasteiger partial charge in [-0.2, -0.15) is 0 Å². The Morgan fingerprint density at radius 2 is 1.69 bits per heavy atom. The summed E-state index contributed by atoms with van der Waals surface area (Å²) in [4.78, 5) is 2.66. The summed E-state index contributed by atoms with van der Waals surface area (Å²) in [6, 6.07) is 9.83. The summed E-state index contributed by atoms with van der Waals surface area (Å²) in [6.07, 6.45) is 45.8. The van der Waals surface area contributed by atoms with Crippen molar-refractivity contribution in [3.05, 3.63) is 162 Å². The first-order valence-corrected chi connectivity index (χ1v) is 24.5. The van der Waals surface area contributed by atoms with Gasteiger partial charge in [-0.1, -0.05) is 184 Å². The average Bonchev–Trinajstić information content (AvgIpc) is 3.41. The van der Waals surface area contributed by atoms with Gasteiger partial charge in [-0.25, -0.2) is 0 Å². The molecule has 1 aromatic rings. The summed E-state index contributed by atoms with van der Waals surface area (Å²) in [5.41, 5.74) is 11.3. The van der Waals surface area contributed by atoms with Crippen molar-refractivity contribution in [2.24, 2.45) is 40.4 Å². The van der Waals surface area contributed by atoms with Gasteiger partial charge in [0.25, 0.3) is 0 Å². The van der Waals surface area contributed by atoms with Crippen LogP contribution < -0.4 is 4.90 Å². The topological polar surface area (TPSA) is 3.24 Å². The van der Waals surface area contributed by atoms with Crippen molar-refractivity contribution in [3.8, 4) is 0 Å². The van der Waals surface area contributed by atoms with Crippen LogP contribution >= 0.6 is 0 Å². The summed E-state index contributed by atoms with van der Waals surface area (Å²) in [5, 5.41) is 0. The molecule has 0 heterocycles. The zero-order valence-corrected chi connectivity index (χ0v) is 41.1. The molecular weight excluding hydrogens is 735 g/mol. The minimum atomic E-state index is 0.0733. The third-order valence-electron chi connectivity index (χ3n) is 15.0. The van der Waals surface area contributed by atoms with Crippen molar-refractivity contribution >= 4 is 5.69 Å². The Morgan fingerprint density at radius 1 is 0.951 bits per heavy atom. The lowest BCUT2D eigenvalue weighted by molar-refractivity contribution is 0.205. The van der Waals surface area contributed by atoms with E-state index in [9.17, 15) is 0 Å². The van der Waals surface area contributed by atoms with Crippen LogP contribution in [0.25, 0.3) is 0 Å². The van der Waals surface area contributed by atoms with Crippen LogP contribution in [-0.4, -0.2) is 6.04 Å². The van der Waals surface area contributed by atoms with Gasteiger partial charge in [-0.15, -0.1) is 6.58 Å². The number of benzene rings is 1. The van der Waals surface area contributed by atoms with E-state index in [4.69, 9.17) is 0 Å². The molecule has 0 N–H and O–H groups in total. The van der Waals surface area contributed by atoms with Crippen molar-refractivity contribution in [1.82, 2.24) is 0 Å². The molecule has 8 atom stereocenters. The maximum atomic E-state index is 4.52. The number of anilines is 1. The van der Waals surface area contributed by atoms with E-state index in [1.54, 1.807) is 0 Å². The Kier molecular flexibility index (Phi) is 19.2. The fourth-order valence-corrected chi connectivity index (χ4v) is 11.4. The molecule has 0 saturated heterocycles. The highest BCUT2D eigenvalue weighted by Gasteiger charge is 2.59. The highest BCUT2D eigenvalue weighted by Crippen LogP contribution is 2.65. The minimum absolute atomic E-state index is 0.0733. The number of fused-ring (bicyclic) bond motifs is 1. The van der Waals surface area contributed by atoms with Crippen molar-refractivity contribution in [1.29, 1.82) is 0 Å². The molecule has 0 bridgehead atoms. The fourth-order valence-electron chi connectivity index (χ4n) is 11.4. The molecule has 1 aromatic carbocycles. The van der Waals surface area contributed by atoms with Gasteiger partial charge in [0.15, 0.2) is 0 Å². The van der Waals surface area contributed by atoms with E-state index in [-0.39, 0.29) is 10.8 Å². The van der Waals surface area contributed by atoms with Gasteiger partial charge in [0, 0.05) is 23.3 Å². The maximum Gasteiger partial charge on any atom is 0.0410 e. The van der Waals surface area contributed by atoms with E-state index in [2.05, 4.69) is 210 Å². The summed E-state index contributed by atoms with van der Waals surface area (Å²) < 4.78 is 0. The molecule has 61 heavy (non-hydrogen) atoms. The molecule has 0 amide bonds. The molecule has 0 spiro atoms. The molecule has 0 radical (unpaired) electrons. The zero-order valence-electron chi connectivity index (χ0n) is 41.1. The third-order valence-corrected chi connectivity index (χ3v) is 15.0. The smallest absolute Gasteiger partial charge is 0.0410 e. The predicted molar refractivity (Wildman–Crippen MR) is 273 cm³/mol. The highest BCUT2D eigenvalue weighted by atomic mass is 15.2. The number of allylic oxidation sites excluding steroid dienone is 19. The number of unbranched alkanes of at least 4 members (excludes halogenated alkanes) is 3. The van der Waals surface area contributed by atoms with Crippen molar-refractivity contribution < 1.29 is 0 Å². The van der Waals surface area contributed by atoms with E-state index in [1.807, 2.05) is 0 Å². The largest absolute Gasteiger partial charge is 0.343 e. The van der Waals surface area contributed by atoms with Crippen molar-refractivity contribution in [2.75, 3.05) is 4.90 Å². The lowest BCUT2D eigenvalue weighted by Crippen LogP contribution is -2.33. The molecule has 3 aliphatic carbocycles. The fraction of sp³-hybridized carbons (Fsp3) is 0.533. The molecular formula is C60H87N. The summed E-state index contributed by atoms with van der Waals surface area (Å²) in [5.74, 6) is 2.77. The molecule has 0 aromatic heterocycles. The Hall–Kier alpha value is -3.84. The van der Waals surface area contributed by atoms with E-state index in [1.165, 1.54) is 70.5 Å². The first-order chi connectivity index (χ1) is 29.2.